The summed E-state index contributed by atoms with van der Waals surface area (Å²) >= 11 is 0. The van der Waals surface area contributed by atoms with Crippen LogP contribution in [-0.4, -0.2) is 51.3 Å². The Morgan fingerprint density at radius 3 is 2.59 bits per heavy atom. The van der Waals surface area contributed by atoms with E-state index < -0.39 is 10.0 Å². The quantitative estimate of drug-likeness (QED) is 0.776. The van der Waals surface area contributed by atoms with Gasteiger partial charge < -0.3 is 14.6 Å². The van der Waals surface area contributed by atoms with Crippen LogP contribution in [0.5, 0.6) is 0 Å². The first-order valence-corrected chi connectivity index (χ1v) is 8.56. The number of imidazole rings is 1. The van der Waals surface area contributed by atoms with Crippen LogP contribution in [0.15, 0.2) is 11.2 Å². The molecule has 0 radical (unpaired) electrons. The molecule has 128 valence electrons. The highest BCUT2D eigenvalue weighted by Crippen LogP contribution is 2.28. The minimum atomic E-state index is -3.58. The van der Waals surface area contributed by atoms with Crippen molar-refractivity contribution in [1.29, 1.82) is 0 Å². The van der Waals surface area contributed by atoms with Gasteiger partial charge in [-0.1, -0.05) is 0 Å². The van der Waals surface area contributed by atoms with Gasteiger partial charge in [-0.2, -0.15) is 0 Å². The van der Waals surface area contributed by atoms with Gasteiger partial charge in [-0.25, -0.2) is 18.1 Å². The van der Waals surface area contributed by atoms with Crippen LogP contribution in [0.3, 0.4) is 0 Å². The normalized spacial score (nSPS) is 18.0. The summed E-state index contributed by atoms with van der Waals surface area (Å²) in [5, 5.41) is 3.36. The Morgan fingerprint density at radius 2 is 2.09 bits per heavy atom. The third-order valence-corrected chi connectivity index (χ3v) is 5.39. The van der Waals surface area contributed by atoms with Gasteiger partial charge in [0.15, 0.2) is 5.03 Å². The molecule has 7 nitrogen and oxygen atoms in total. The second-order valence-electron chi connectivity index (χ2n) is 5.74. The van der Waals surface area contributed by atoms with E-state index in [0.29, 0.717) is 19.0 Å². The topological polar surface area (TPSA) is 85.2 Å². The smallest absolute Gasteiger partial charge is 0.259 e. The predicted molar refractivity (Wildman–Crippen MR) is 86.8 cm³/mol. The Kier molecular flexibility index (Phi) is 6.82. The largest absolute Gasteiger partial charge is 0.384 e. The molecule has 1 aliphatic heterocycles. The molecule has 1 aromatic rings. The van der Waals surface area contributed by atoms with E-state index in [-0.39, 0.29) is 22.8 Å². The predicted octanol–water partition coefficient (Wildman–Crippen LogP) is 0.445. The molecule has 0 saturated carbocycles. The number of hydrogen-bond acceptors (Lipinski definition) is 5. The molecule has 0 unspecified atom stereocenters. The average molecular weight is 353 g/mol. The molecule has 1 saturated heterocycles. The van der Waals surface area contributed by atoms with E-state index >= 15 is 0 Å². The lowest BCUT2D eigenvalue weighted by Gasteiger charge is -2.37. The number of halogens is 1. The maximum atomic E-state index is 12.3. The minimum absolute atomic E-state index is 0. The summed E-state index contributed by atoms with van der Waals surface area (Å²) in [4.78, 5) is 4.08. The van der Waals surface area contributed by atoms with E-state index in [1.807, 2.05) is 0 Å². The molecule has 2 N–H and O–H groups in total. The van der Waals surface area contributed by atoms with Crippen molar-refractivity contribution < 1.29 is 13.2 Å². The van der Waals surface area contributed by atoms with Crippen molar-refractivity contribution in [3.8, 4) is 0 Å². The minimum Gasteiger partial charge on any atom is -0.384 e. The van der Waals surface area contributed by atoms with Gasteiger partial charge in [0, 0.05) is 32.3 Å². The Morgan fingerprint density at radius 1 is 1.45 bits per heavy atom. The van der Waals surface area contributed by atoms with E-state index in [4.69, 9.17) is 4.74 Å². The van der Waals surface area contributed by atoms with Crippen LogP contribution in [0.2, 0.25) is 0 Å². The second kappa shape index (κ2) is 7.74. The number of nitrogens with one attached hydrogen (secondary N) is 2. The molecule has 2 rings (SSSR count). The lowest BCUT2D eigenvalue weighted by molar-refractivity contribution is 0.0577. The van der Waals surface area contributed by atoms with Crippen molar-refractivity contribution in [1.82, 2.24) is 19.6 Å². The first kappa shape index (κ1) is 19.4. The molecule has 0 aromatic carbocycles. The third-order valence-electron chi connectivity index (χ3n) is 4.11. The molecule has 1 aromatic heterocycles. The Balaban J connectivity index is 0.00000242. The van der Waals surface area contributed by atoms with Gasteiger partial charge in [0.25, 0.3) is 10.0 Å². The molecule has 0 spiro atoms. The lowest BCUT2D eigenvalue weighted by Crippen LogP contribution is -2.47. The number of hydrogen-bond donors (Lipinski definition) is 2. The summed E-state index contributed by atoms with van der Waals surface area (Å²) in [6, 6.07) is 0. The summed E-state index contributed by atoms with van der Waals surface area (Å²) in [7, 11) is -0.144. The maximum Gasteiger partial charge on any atom is 0.259 e. The van der Waals surface area contributed by atoms with Crippen LogP contribution in [-0.2, 0) is 21.8 Å². The van der Waals surface area contributed by atoms with Crippen molar-refractivity contribution in [2.75, 3.05) is 33.4 Å². The van der Waals surface area contributed by atoms with Crippen LogP contribution < -0.4 is 10.0 Å². The van der Waals surface area contributed by atoms with Gasteiger partial charge in [0.05, 0.1) is 6.61 Å². The zero-order valence-electron chi connectivity index (χ0n) is 13.3. The van der Waals surface area contributed by atoms with Crippen molar-refractivity contribution in [2.24, 2.45) is 12.5 Å². The van der Waals surface area contributed by atoms with E-state index in [9.17, 15) is 8.42 Å². The Bertz CT molecular complexity index is 557. The van der Waals surface area contributed by atoms with Gasteiger partial charge in [-0.3, -0.25) is 0 Å². The standard InChI is InChI=1S/C13H24N4O3S.ClH/c1-11-16-12(8-17(11)2)21(18,19)15-9-13(10-20-3)4-6-14-7-5-13;/h8,14-15H,4-7,9-10H2,1-3H3;1H. The van der Waals surface area contributed by atoms with Crippen LogP contribution in [0, 0.1) is 12.3 Å². The highest BCUT2D eigenvalue weighted by Gasteiger charge is 2.34. The number of piperidine rings is 1. The van der Waals surface area contributed by atoms with Gasteiger partial charge in [0.1, 0.15) is 5.82 Å². The van der Waals surface area contributed by atoms with E-state index in [2.05, 4.69) is 15.0 Å². The first-order chi connectivity index (χ1) is 9.88. The van der Waals surface area contributed by atoms with Crippen LogP contribution in [0.4, 0.5) is 0 Å². The molecule has 0 atom stereocenters. The fourth-order valence-electron chi connectivity index (χ4n) is 2.61. The number of methoxy groups -OCH3 is 1. The fraction of sp³-hybridized carbons (Fsp3) is 0.769. The van der Waals surface area contributed by atoms with E-state index in [1.54, 1.807) is 25.6 Å². The number of ether oxygens (including phenoxy) is 1. The highest BCUT2D eigenvalue weighted by molar-refractivity contribution is 7.89. The monoisotopic (exact) mass is 352 g/mol. The molecular weight excluding hydrogens is 328 g/mol. The van der Waals surface area contributed by atoms with E-state index in [0.717, 1.165) is 25.9 Å². The number of sulfonamides is 1. The highest BCUT2D eigenvalue weighted by atomic mass is 35.5. The van der Waals surface area contributed by atoms with Gasteiger partial charge in [-0.05, 0) is 32.9 Å². The molecule has 0 amide bonds. The average Bonchev–Trinajstić information content (AvgIpc) is 2.79. The summed E-state index contributed by atoms with van der Waals surface area (Å²) in [5.41, 5.74) is -0.142. The van der Waals surface area contributed by atoms with E-state index in [1.165, 1.54) is 6.20 Å². The summed E-state index contributed by atoms with van der Waals surface area (Å²) in [6.07, 6.45) is 3.32. The lowest BCUT2D eigenvalue weighted by atomic mass is 9.80. The first-order valence-electron chi connectivity index (χ1n) is 7.08. The molecular formula is C13H25ClN4O3S. The molecule has 0 bridgehead atoms. The van der Waals surface area contributed by atoms with Crippen molar-refractivity contribution in [3.63, 3.8) is 0 Å². The van der Waals surface area contributed by atoms with Crippen LogP contribution in [0.25, 0.3) is 0 Å². The second-order valence-corrected chi connectivity index (χ2v) is 7.46. The molecule has 9 heteroatoms. The zero-order chi connectivity index (χ0) is 15.5. The zero-order valence-corrected chi connectivity index (χ0v) is 14.9. The summed E-state index contributed by atoms with van der Waals surface area (Å²) in [6.45, 7) is 4.47. The number of nitrogens with zero attached hydrogens (tertiary/aromatic N) is 2. The van der Waals surface area contributed by atoms with Crippen molar-refractivity contribution in [3.05, 3.63) is 12.0 Å². The maximum absolute atomic E-state index is 12.3. The van der Waals surface area contributed by atoms with Gasteiger partial charge in [0.2, 0.25) is 0 Å². The summed E-state index contributed by atoms with van der Waals surface area (Å²) in [5.74, 6) is 0.670. The van der Waals surface area contributed by atoms with Gasteiger partial charge in [-0.15, -0.1) is 12.4 Å². The van der Waals surface area contributed by atoms with Crippen molar-refractivity contribution in [2.45, 2.75) is 24.8 Å². The number of aromatic nitrogens is 2. The molecule has 2 heterocycles. The SMILES string of the molecule is COCC1(CNS(=O)(=O)c2cn(C)c(C)n2)CCNCC1.Cl. The van der Waals surface area contributed by atoms with Gasteiger partial charge >= 0.3 is 0 Å². The Hall–Kier alpha value is -0.670. The molecule has 1 aliphatic rings. The fourth-order valence-corrected chi connectivity index (χ4v) is 3.81. The van der Waals surface area contributed by atoms with Crippen molar-refractivity contribution >= 4 is 22.4 Å². The molecule has 1 fully saturated rings. The summed E-state index contributed by atoms with van der Waals surface area (Å²) < 4.78 is 34.4. The third kappa shape index (κ3) is 4.42. The number of aryl methyl sites for hydroxylation is 2. The number of rotatable bonds is 6. The van der Waals surface area contributed by atoms with Crippen LogP contribution in [0.1, 0.15) is 18.7 Å². The van der Waals surface area contributed by atoms with Crippen LogP contribution >= 0.6 is 12.4 Å². The Labute approximate surface area is 138 Å². The molecule has 22 heavy (non-hydrogen) atoms. The molecule has 0 aliphatic carbocycles.